The average molecular weight is 424 g/mol. The number of carboxylic acid groups (broad SMARTS) is 1. The molecule has 1 aromatic heterocycles. The number of sulfonamides is 1. The number of aliphatic carboxylic acids is 1. The number of hydrazine groups is 1. The molecule has 0 aliphatic heterocycles. The number of aromatic nitrogens is 1. The normalized spacial score (nSPS) is 12.0. The van der Waals surface area contributed by atoms with E-state index in [2.05, 4.69) is 10.4 Å². The molecule has 0 atom stereocenters. The van der Waals surface area contributed by atoms with Gasteiger partial charge in [0.05, 0.1) is 15.5 Å². The third kappa shape index (κ3) is 5.81. The number of hydrogen-bond acceptors (Lipinski definition) is 5. The number of alkyl halides is 3. The topological polar surface area (TPSA) is 108 Å². The van der Waals surface area contributed by atoms with Crippen molar-refractivity contribution in [1.29, 1.82) is 0 Å². The van der Waals surface area contributed by atoms with E-state index in [0.717, 1.165) is 0 Å². The molecule has 1 heterocycles. The van der Waals surface area contributed by atoms with Crippen LogP contribution < -0.4 is 10.3 Å². The van der Waals surface area contributed by atoms with Crippen LogP contribution in [-0.4, -0.2) is 24.5 Å². The molecular formula is C15H13ClF3N3O4S. The Labute approximate surface area is 157 Å². The summed E-state index contributed by atoms with van der Waals surface area (Å²) in [5.41, 5.74) is 1.72. The first-order valence-corrected chi connectivity index (χ1v) is 9.16. The maximum Gasteiger partial charge on any atom is 0.417 e. The lowest BCUT2D eigenvalue weighted by Gasteiger charge is -2.12. The van der Waals surface area contributed by atoms with E-state index in [-0.39, 0.29) is 23.6 Å². The number of pyridine rings is 1. The van der Waals surface area contributed by atoms with Gasteiger partial charge in [0.25, 0.3) is 10.0 Å². The predicted molar refractivity (Wildman–Crippen MR) is 90.6 cm³/mol. The van der Waals surface area contributed by atoms with E-state index in [0.29, 0.717) is 17.8 Å². The number of nitrogens with zero attached hydrogens (tertiary/aromatic N) is 1. The summed E-state index contributed by atoms with van der Waals surface area (Å²) in [6.07, 6.45) is -3.97. The number of benzene rings is 1. The molecule has 146 valence electrons. The second kappa shape index (κ2) is 8.11. The van der Waals surface area contributed by atoms with Gasteiger partial charge in [-0.3, -0.25) is 10.2 Å². The van der Waals surface area contributed by atoms with E-state index in [4.69, 9.17) is 16.7 Å². The summed E-state index contributed by atoms with van der Waals surface area (Å²) in [5.74, 6) is -1.27. The number of carbonyl (C=O) groups is 1. The Hall–Kier alpha value is -2.37. The number of carboxylic acids is 1. The van der Waals surface area contributed by atoms with Crippen LogP contribution in [0.3, 0.4) is 0 Å². The predicted octanol–water partition coefficient (Wildman–Crippen LogP) is 3.08. The molecular weight excluding hydrogens is 411 g/mol. The Morgan fingerprint density at radius 1 is 1.22 bits per heavy atom. The minimum atomic E-state index is -4.63. The van der Waals surface area contributed by atoms with Gasteiger partial charge in [-0.25, -0.2) is 13.4 Å². The lowest BCUT2D eigenvalue weighted by Crippen LogP contribution is -2.30. The maximum absolute atomic E-state index is 12.6. The van der Waals surface area contributed by atoms with Crippen LogP contribution in [0.15, 0.2) is 41.4 Å². The minimum Gasteiger partial charge on any atom is -0.481 e. The van der Waals surface area contributed by atoms with Gasteiger partial charge in [0.15, 0.2) is 5.82 Å². The van der Waals surface area contributed by atoms with Crippen molar-refractivity contribution in [1.82, 2.24) is 9.82 Å². The first-order valence-electron chi connectivity index (χ1n) is 7.30. The lowest BCUT2D eigenvalue weighted by atomic mass is 10.1. The molecule has 0 saturated carbocycles. The van der Waals surface area contributed by atoms with Gasteiger partial charge in [-0.15, -0.1) is 4.83 Å². The zero-order valence-corrected chi connectivity index (χ0v) is 15.0. The first-order chi connectivity index (χ1) is 12.5. The number of nitrogens with one attached hydrogen (secondary N) is 2. The molecule has 27 heavy (non-hydrogen) atoms. The Morgan fingerprint density at radius 2 is 1.85 bits per heavy atom. The number of aryl methyl sites for hydroxylation is 1. The van der Waals surface area contributed by atoms with Crippen LogP contribution >= 0.6 is 11.6 Å². The maximum atomic E-state index is 12.6. The van der Waals surface area contributed by atoms with Crippen LogP contribution in [0.4, 0.5) is 19.0 Å². The molecule has 0 unspecified atom stereocenters. The quantitative estimate of drug-likeness (QED) is 0.591. The van der Waals surface area contributed by atoms with Crippen LogP contribution in [0.1, 0.15) is 17.5 Å². The van der Waals surface area contributed by atoms with Gasteiger partial charge in [-0.2, -0.15) is 13.2 Å². The summed E-state index contributed by atoms with van der Waals surface area (Å²) in [6.45, 7) is 0. The second-order valence-corrected chi connectivity index (χ2v) is 7.41. The molecule has 0 fully saturated rings. The molecule has 0 bridgehead atoms. The van der Waals surface area contributed by atoms with Crippen molar-refractivity contribution in [3.05, 3.63) is 52.7 Å². The summed E-state index contributed by atoms with van der Waals surface area (Å²) in [5, 5.41) is 8.21. The van der Waals surface area contributed by atoms with E-state index >= 15 is 0 Å². The van der Waals surface area contributed by atoms with E-state index in [1.165, 1.54) is 24.3 Å². The Kier molecular flexibility index (Phi) is 6.29. The molecule has 0 radical (unpaired) electrons. The van der Waals surface area contributed by atoms with E-state index in [1.807, 2.05) is 4.83 Å². The van der Waals surface area contributed by atoms with Gasteiger partial charge >= 0.3 is 12.1 Å². The zero-order valence-electron chi connectivity index (χ0n) is 13.4. The monoisotopic (exact) mass is 423 g/mol. The molecule has 0 aliphatic carbocycles. The number of rotatable bonds is 7. The molecule has 0 aliphatic rings. The summed E-state index contributed by atoms with van der Waals surface area (Å²) in [7, 11) is -4.06. The zero-order chi connectivity index (χ0) is 20.2. The van der Waals surface area contributed by atoms with Gasteiger partial charge in [0.1, 0.15) is 0 Å². The molecule has 7 nitrogen and oxygen atoms in total. The van der Waals surface area contributed by atoms with Crippen LogP contribution in [0, 0.1) is 0 Å². The van der Waals surface area contributed by atoms with Gasteiger partial charge in [-0.1, -0.05) is 23.7 Å². The largest absolute Gasteiger partial charge is 0.481 e. The SMILES string of the molecule is O=C(O)CCc1ccc(S(=O)(=O)NNc2ncc(C(F)(F)F)cc2Cl)cc1. The van der Waals surface area contributed by atoms with Gasteiger partial charge in [0, 0.05) is 12.6 Å². The molecule has 0 spiro atoms. The molecule has 3 N–H and O–H groups in total. The number of halogens is 4. The van der Waals surface area contributed by atoms with Crippen molar-refractivity contribution in [2.45, 2.75) is 23.9 Å². The third-order valence-electron chi connectivity index (χ3n) is 3.33. The standard InChI is InChI=1S/C15H13ClF3N3O4S/c16-12-7-10(15(17,18)19)8-20-14(12)21-22-27(25,26)11-4-1-9(2-5-11)3-6-13(23)24/h1-2,4-5,7-8,22H,3,6H2,(H,20,21)(H,23,24). The van der Waals surface area contributed by atoms with Crippen molar-refractivity contribution < 1.29 is 31.5 Å². The molecule has 12 heteroatoms. The molecule has 2 rings (SSSR count). The highest BCUT2D eigenvalue weighted by Gasteiger charge is 2.31. The summed E-state index contributed by atoms with van der Waals surface area (Å²) < 4.78 is 62.1. The fourth-order valence-corrected chi connectivity index (χ4v) is 3.00. The summed E-state index contributed by atoms with van der Waals surface area (Å²) in [6, 6.07) is 6.07. The van der Waals surface area contributed by atoms with Crippen LogP contribution in [0.25, 0.3) is 0 Å². The Bertz CT molecular complexity index is 934. The summed E-state index contributed by atoms with van der Waals surface area (Å²) in [4.78, 5) is 15.8. The highest BCUT2D eigenvalue weighted by molar-refractivity contribution is 7.89. The average Bonchev–Trinajstić information content (AvgIpc) is 2.58. The number of hydrogen-bond donors (Lipinski definition) is 3. The van der Waals surface area contributed by atoms with Crippen molar-refractivity contribution in [2.24, 2.45) is 0 Å². The minimum absolute atomic E-state index is 0.0933. The van der Waals surface area contributed by atoms with Crippen molar-refractivity contribution in [3.8, 4) is 0 Å². The van der Waals surface area contributed by atoms with Crippen LogP contribution in [0.2, 0.25) is 5.02 Å². The summed E-state index contributed by atoms with van der Waals surface area (Å²) >= 11 is 5.68. The lowest BCUT2D eigenvalue weighted by molar-refractivity contribution is -0.138. The first kappa shape index (κ1) is 20.9. The van der Waals surface area contributed by atoms with Gasteiger partial charge in [-0.05, 0) is 30.2 Å². The number of anilines is 1. The van der Waals surface area contributed by atoms with E-state index < -0.39 is 32.8 Å². The van der Waals surface area contributed by atoms with Crippen LogP contribution in [-0.2, 0) is 27.4 Å². The molecule has 0 amide bonds. The second-order valence-electron chi connectivity index (χ2n) is 5.32. The molecule has 1 aromatic carbocycles. The van der Waals surface area contributed by atoms with Crippen molar-refractivity contribution in [2.75, 3.05) is 5.43 Å². The van der Waals surface area contributed by atoms with Gasteiger partial charge < -0.3 is 5.11 Å². The van der Waals surface area contributed by atoms with Crippen molar-refractivity contribution >= 4 is 33.4 Å². The van der Waals surface area contributed by atoms with Crippen molar-refractivity contribution in [3.63, 3.8) is 0 Å². The van der Waals surface area contributed by atoms with Crippen LogP contribution in [0.5, 0.6) is 0 Å². The Balaban J connectivity index is 2.07. The van der Waals surface area contributed by atoms with E-state index in [1.54, 1.807) is 0 Å². The highest BCUT2D eigenvalue weighted by atomic mass is 35.5. The smallest absolute Gasteiger partial charge is 0.417 e. The van der Waals surface area contributed by atoms with E-state index in [9.17, 15) is 26.4 Å². The van der Waals surface area contributed by atoms with Gasteiger partial charge in [0.2, 0.25) is 0 Å². The fraction of sp³-hybridized carbons (Fsp3) is 0.200. The Morgan fingerprint density at radius 3 is 2.37 bits per heavy atom. The third-order valence-corrected chi connectivity index (χ3v) is 4.89. The fourth-order valence-electron chi connectivity index (χ4n) is 1.95. The highest BCUT2D eigenvalue weighted by Crippen LogP contribution is 2.32. The molecule has 2 aromatic rings. The molecule has 0 saturated heterocycles.